The molecule has 0 spiro atoms. The highest BCUT2D eigenvalue weighted by atomic mass is 19.1. The van der Waals surface area contributed by atoms with Crippen LogP contribution in [0.15, 0.2) is 30.5 Å². The van der Waals surface area contributed by atoms with Crippen LogP contribution in [-0.2, 0) is 17.9 Å². The Morgan fingerprint density at radius 3 is 2.95 bits per heavy atom. The Morgan fingerprint density at radius 2 is 2.21 bits per heavy atom. The Morgan fingerprint density at radius 1 is 1.42 bits per heavy atom. The SMILES string of the molecule is NCCn1cc(C(=O)OCc2ccccc2F)nn1. The molecule has 0 fully saturated rings. The number of carbonyl (C=O) groups is 1. The second-order valence-corrected chi connectivity index (χ2v) is 3.82. The van der Waals surface area contributed by atoms with Gasteiger partial charge in [0.15, 0.2) is 5.69 Å². The van der Waals surface area contributed by atoms with Crippen molar-refractivity contribution < 1.29 is 13.9 Å². The molecule has 2 N–H and O–H groups in total. The molecule has 6 nitrogen and oxygen atoms in total. The number of rotatable bonds is 5. The van der Waals surface area contributed by atoms with Crippen molar-refractivity contribution in [3.63, 3.8) is 0 Å². The van der Waals surface area contributed by atoms with Crippen molar-refractivity contribution in [2.45, 2.75) is 13.2 Å². The summed E-state index contributed by atoms with van der Waals surface area (Å²) in [5.74, 6) is -1.06. The van der Waals surface area contributed by atoms with Crippen LogP contribution < -0.4 is 5.73 Å². The molecule has 1 heterocycles. The van der Waals surface area contributed by atoms with Crippen LogP contribution in [0, 0.1) is 5.82 Å². The van der Waals surface area contributed by atoms with Crippen LogP contribution in [0.25, 0.3) is 0 Å². The number of esters is 1. The van der Waals surface area contributed by atoms with Gasteiger partial charge in [-0.05, 0) is 6.07 Å². The highest BCUT2D eigenvalue weighted by molar-refractivity contribution is 5.86. The van der Waals surface area contributed by atoms with Gasteiger partial charge in [0, 0.05) is 12.1 Å². The first-order valence-electron chi connectivity index (χ1n) is 5.71. The van der Waals surface area contributed by atoms with Crippen molar-refractivity contribution in [3.05, 3.63) is 47.5 Å². The molecule has 0 aliphatic rings. The maximum Gasteiger partial charge on any atom is 0.360 e. The smallest absolute Gasteiger partial charge is 0.360 e. The summed E-state index contributed by atoms with van der Waals surface area (Å²) in [5, 5.41) is 7.37. The third kappa shape index (κ3) is 3.35. The summed E-state index contributed by atoms with van der Waals surface area (Å²) in [4.78, 5) is 11.7. The first kappa shape index (κ1) is 13.2. The fourth-order valence-corrected chi connectivity index (χ4v) is 1.47. The zero-order valence-corrected chi connectivity index (χ0v) is 10.1. The Kier molecular flexibility index (Phi) is 4.19. The Bertz CT molecular complexity index is 570. The molecule has 0 unspecified atom stereocenters. The molecule has 0 atom stereocenters. The van der Waals surface area contributed by atoms with Crippen LogP contribution in [0.2, 0.25) is 0 Å². The van der Waals surface area contributed by atoms with Gasteiger partial charge < -0.3 is 10.5 Å². The molecule has 0 saturated carbocycles. The summed E-state index contributed by atoms with van der Waals surface area (Å²) in [5.41, 5.74) is 5.74. The van der Waals surface area contributed by atoms with E-state index in [0.29, 0.717) is 18.7 Å². The average molecular weight is 264 g/mol. The van der Waals surface area contributed by atoms with E-state index < -0.39 is 11.8 Å². The van der Waals surface area contributed by atoms with Gasteiger partial charge in [0.05, 0.1) is 12.7 Å². The van der Waals surface area contributed by atoms with Gasteiger partial charge in [-0.1, -0.05) is 23.4 Å². The van der Waals surface area contributed by atoms with Crippen LogP contribution in [-0.4, -0.2) is 27.5 Å². The highest BCUT2D eigenvalue weighted by Crippen LogP contribution is 2.08. The van der Waals surface area contributed by atoms with Crippen molar-refractivity contribution in [1.82, 2.24) is 15.0 Å². The van der Waals surface area contributed by atoms with Crippen molar-refractivity contribution in [1.29, 1.82) is 0 Å². The Labute approximate surface area is 109 Å². The van der Waals surface area contributed by atoms with Crippen molar-refractivity contribution >= 4 is 5.97 Å². The molecule has 0 radical (unpaired) electrons. The number of carbonyl (C=O) groups excluding carboxylic acids is 1. The first-order chi connectivity index (χ1) is 9.20. The average Bonchev–Trinajstić information content (AvgIpc) is 2.87. The molecule has 0 aliphatic heterocycles. The molecule has 2 aromatic rings. The van der Waals surface area contributed by atoms with Gasteiger partial charge >= 0.3 is 5.97 Å². The lowest BCUT2D eigenvalue weighted by atomic mass is 10.2. The molecular formula is C12H13FN4O2. The summed E-state index contributed by atoms with van der Waals surface area (Å²) in [7, 11) is 0. The van der Waals surface area contributed by atoms with Gasteiger partial charge in [0.2, 0.25) is 0 Å². The zero-order chi connectivity index (χ0) is 13.7. The Balaban J connectivity index is 1.95. The summed E-state index contributed by atoms with van der Waals surface area (Å²) >= 11 is 0. The largest absolute Gasteiger partial charge is 0.456 e. The second-order valence-electron chi connectivity index (χ2n) is 3.82. The number of nitrogens with zero attached hydrogens (tertiary/aromatic N) is 3. The summed E-state index contributed by atoms with van der Waals surface area (Å²) in [6, 6.07) is 6.09. The molecule has 19 heavy (non-hydrogen) atoms. The van der Waals surface area contributed by atoms with E-state index in [1.165, 1.54) is 16.9 Å². The van der Waals surface area contributed by atoms with Gasteiger partial charge in [-0.15, -0.1) is 5.10 Å². The summed E-state index contributed by atoms with van der Waals surface area (Å²) < 4.78 is 19.7. The van der Waals surface area contributed by atoms with Crippen LogP contribution in [0.1, 0.15) is 16.1 Å². The van der Waals surface area contributed by atoms with E-state index in [9.17, 15) is 9.18 Å². The number of benzene rings is 1. The molecule has 0 saturated heterocycles. The van der Waals surface area contributed by atoms with Crippen molar-refractivity contribution in [2.24, 2.45) is 5.73 Å². The van der Waals surface area contributed by atoms with E-state index in [1.54, 1.807) is 18.2 Å². The molecule has 1 aromatic heterocycles. The van der Waals surface area contributed by atoms with Crippen molar-refractivity contribution in [3.8, 4) is 0 Å². The minimum atomic E-state index is -0.647. The summed E-state index contributed by atoms with van der Waals surface area (Å²) in [6.45, 7) is 0.718. The number of nitrogens with two attached hydrogens (primary N) is 1. The van der Waals surface area contributed by atoms with E-state index in [2.05, 4.69) is 10.3 Å². The van der Waals surface area contributed by atoms with Crippen molar-refractivity contribution in [2.75, 3.05) is 6.54 Å². The fraction of sp³-hybridized carbons (Fsp3) is 0.250. The molecule has 2 rings (SSSR count). The second kappa shape index (κ2) is 6.05. The molecule has 100 valence electrons. The first-order valence-corrected chi connectivity index (χ1v) is 5.71. The normalized spacial score (nSPS) is 10.4. The quantitative estimate of drug-likeness (QED) is 0.805. The minimum absolute atomic E-state index is 0.0739. The van der Waals surface area contributed by atoms with Crippen LogP contribution in [0.3, 0.4) is 0 Å². The lowest BCUT2D eigenvalue weighted by Crippen LogP contribution is -2.10. The predicted molar refractivity (Wildman–Crippen MR) is 64.6 cm³/mol. The van der Waals surface area contributed by atoms with Crippen LogP contribution in [0.5, 0.6) is 0 Å². The molecular weight excluding hydrogens is 251 g/mol. The van der Waals surface area contributed by atoms with Gasteiger partial charge in [0.25, 0.3) is 0 Å². The highest BCUT2D eigenvalue weighted by Gasteiger charge is 2.13. The number of halogens is 1. The van der Waals surface area contributed by atoms with E-state index in [-0.39, 0.29) is 12.3 Å². The summed E-state index contributed by atoms with van der Waals surface area (Å²) in [6.07, 6.45) is 1.44. The lowest BCUT2D eigenvalue weighted by Gasteiger charge is -2.03. The maximum atomic E-state index is 13.3. The van der Waals surface area contributed by atoms with Gasteiger partial charge in [-0.2, -0.15) is 0 Å². The van der Waals surface area contributed by atoms with E-state index in [0.717, 1.165) is 0 Å². The maximum absolute atomic E-state index is 13.3. The zero-order valence-electron chi connectivity index (χ0n) is 10.1. The fourth-order valence-electron chi connectivity index (χ4n) is 1.47. The molecule has 7 heteroatoms. The van der Waals surface area contributed by atoms with E-state index >= 15 is 0 Å². The number of hydrogen-bond donors (Lipinski definition) is 1. The van der Waals surface area contributed by atoms with Crippen LogP contribution in [0.4, 0.5) is 4.39 Å². The van der Waals surface area contributed by atoms with Gasteiger partial charge in [0.1, 0.15) is 12.4 Å². The molecule has 0 amide bonds. The standard InChI is InChI=1S/C12H13FN4O2/c13-10-4-2-1-3-9(10)8-19-12(18)11-7-17(6-5-14)16-15-11/h1-4,7H,5-6,8,14H2. The third-order valence-corrected chi connectivity index (χ3v) is 2.42. The molecule has 0 aliphatic carbocycles. The minimum Gasteiger partial charge on any atom is -0.456 e. The third-order valence-electron chi connectivity index (χ3n) is 2.42. The van der Waals surface area contributed by atoms with E-state index in [4.69, 9.17) is 10.5 Å². The number of ether oxygens (including phenoxy) is 1. The van der Waals surface area contributed by atoms with Crippen LogP contribution >= 0.6 is 0 Å². The molecule has 1 aromatic carbocycles. The van der Waals surface area contributed by atoms with Gasteiger partial charge in [-0.3, -0.25) is 4.68 Å². The lowest BCUT2D eigenvalue weighted by molar-refractivity contribution is 0.0462. The van der Waals surface area contributed by atoms with E-state index in [1.807, 2.05) is 0 Å². The number of aromatic nitrogens is 3. The monoisotopic (exact) mass is 264 g/mol. The van der Waals surface area contributed by atoms with Gasteiger partial charge in [-0.25, -0.2) is 9.18 Å². The Hall–Kier alpha value is -2.28. The topological polar surface area (TPSA) is 83.0 Å². The predicted octanol–water partition coefficient (Wildman–Crippen LogP) is 0.733. The number of hydrogen-bond acceptors (Lipinski definition) is 5. The molecule has 0 bridgehead atoms.